The van der Waals surface area contributed by atoms with Crippen molar-refractivity contribution < 1.29 is 9.18 Å². The Kier molecular flexibility index (Phi) is 3.52. The summed E-state index contributed by atoms with van der Waals surface area (Å²) in [6, 6.07) is 7.93. The Labute approximate surface area is 113 Å². The van der Waals surface area contributed by atoms with Gasteiger partial charge in [-0.25, -0.2) is 4.39 Å². The second-order valence-corrected chi connectivity index (χ2v) is 4.97. The monoisotopic (exact) mass is 256 g/mol. The van der Waals surface area contributed by atoms with Gasteiger partial charge in [-0.05, 0) is 62.1 Å². The highest BCUT2D eigenvalue weighted by Gasteiger charge is 2.17. The van der Waals surface area contributed by atoms with Crippen LogP contribution >= 0.6 is 0 Å². The summed E-state index contributed by atoms with van der Waals surface area (Å²) < 4.78 is 13.3. The molecule has 0 spiro atoms. The van der Waals surface area contributed by atoms with E-state index in [1.807, 2.05) is 27.7 Å². The molecule has 0 aliphatic rings. The van der Waals surface area contributed by atoms with E-state index in [9.17, 15) is 9.18 Å². The molecule has 0 aliphatic carbocycles. The van der Waals surface area contributed by atoms with Crippen molar-refractivity contribution in [2.45, 2.75) is 27.7 Å². The van der Waals surface area contributed by atoms with Crippen LogP contribution < -0.4 is 0 Å². The third-order valence-corrected chi connectivity index (χ3v) is 3.68. The van der Waals surface area contributed by atoms with Crippen LogP contribution in [0, 0.1) is 33.5 Å². The van der Waals surface area contributed by atoms with E-state index in [4.69, 9.17) is 0 Å². The molecule has 0 N–H and O–H groups in total. The molecule has 1 nitrogen and oxygen atoms in total. The molecule has 0 aromatic heterocycles. The topological polar surface area (TPSA) is 17.1 Å². The van der Waals surface area contributed by atoms with Gasteiger partial charge in [0.2, 0.25) is 0 Å². The van der Waals surface area contributed by atoms with Crippen molar-refractivity contribution in [3.05, 3.63) is 69.5 Å². The molecule has 0 unspecified atom stereocenters. The average Bonchev–Trinajstić information content (AvgIpc) is 2.36. The van der Waals surface area contributed by atoms with Crippen LogP contribution in [0.1, 0.15) is 38.2 Å². The molecule has 0 fully saturated rings. The molecule has 0 saturated heterocycles. The summed E-state index contributed by atoms with van der Waals surface area (Å²) in [4.78, 5) is 12.6. The van der Waals surface area contributed by atoms with Crippen molar-refractivity contribution in [2.75, 3.05) is 0 Å². The van der Waals surface area contributed by atoms with Crippen LogP contribution in [0.3, 0.4) is 0 Å². The summed E-state index contributed by atoms with van der Waals surface area (Å²) in [5.74, 6) is -0.494. The number of rotatable bonds is 2. The summed E-state index contributed by atoms with van der Waals surface area (Å²) in [7, 11) is 0. The normalized spacial score (nSPS) is 10.6. The van der Waals surface area contributed by atoms with Gasteiger partial charge in [0.05, 0.1) is 0 Å². The van der Waals surface area contributed by atoms with E-state index in [2.05, 4.69) is 6.07 Å². The molecule has 0 aliphatic heterocycles. The Morgan fingerprint density at radius 1 is 0.947 bits per heavy atom. The number of halogens is 1. The first-order valence-corrected chi connectivity index (χ1v) is 6.29. The second-order valence-electron chi connectivity index (χ2n) is 4.97. The maximum Gasteiger partial charge on any atom is 0.193 e. The fourth-order valence-electron chi connectivity index (χ4n) is 2.33. The molecule has 2 heteroatoms. The molecule has 2 rings (SSSR count). The SMILES string of the molecule is Cc1cc(C)c(C)c(C(=O)c2cccc(F)c2)c1C. The van der Waals surface area contributed by atoms with Gasteiger partial charge in [0, 0.05) is 11.1 Å². The Morgan fingerprint density at radius 2 is 1.53 bits per heavy atom. The quantitative estimate of drug-likeness (QED) is 0.732. The van der Waals surface area contributed by atoms with Crippen molar-refractivity contribution in [1.29, 1.82) is 0 Å². The molecule has 0 bridgehead atoms. The highest BCUT2D eigenvalue weighted by molar-refractivity contribution is 6.11. The average molecular weight is 256 g/mol. The smallest absolute Gasteiger partial charge is 0.193 e. The second kappa shape index (κ2) is 4.96. The molecule has 0 radical (unpaired) electrons. The molecule has 0 saturated carbocycles. The minimum Gasteiger partial charge on any atom is -0.289 e. The number of carbonyl (C=O) groups excluding carboxylic acids is 1. The van der Waals surface area contributed by atoms with Gasteiger partial charge in [-0.3, -0.25) is 4.79 Å². The van der Waals surface area contributed by atoms with Crippen LogP contribution in [-0.2, 0) is 0 Å². The van der Waals surface area contributed by atoms with Gasteiger partial charge < -0.3 is 0 Å². The summed E-state index contributed by atoms with van der Waals surface area (Å²) >= 11 is 0. The van der Waals surface area contributed by atoms with E-state index in [0.29, 0.717) is 11.1 Å². The number of benzene rings is 2. The standard InChI is InChI=1S/C17H17FO/c1-10-8-11(2)13(4)16(12(10)3)17(19)14-6-5-7-15(18)9-14/h5-9H,1-4H3. The Balaban J connectivity index is 2.62. The van der Waals surface area contributed by atoms with Crippen molar-refractivity contribution in [3.63, 3.8) is 0 Å². The summed E-state index contributed by atoms with van der Waals surface area (Å²) in [5, 5.41) is 0. The predicted octanol–water partition coefficient (Wildman–Crippen LogP) is 4.29. The number of hydrogen-bond acceptors (Lipinski definition) is 1. The lowest BCUT2D eigenvalue weighted by molar-refractivity contribution is 0.103. The maximum atomic E-state index is 13.3. The van der Waals surface area contributed by atoms with E-state index >= 15 is 0 Å². The summed E-state index contributed by atoms with van der Waals surface area (Å²) in [5.41, 5.74) is 5.21. The fourth-order valence-corrected chi connectivity index (χ4v) is 2.33. The van der Waals surface area contributed by atoms with Crippen molar-refractivity contribution >= 4 is 5.78 Å². The molecule has 98 valence electrons. The van der Waals surface area contributed by atoms with E-state index in [0.717, 1.165) is 22.3 Å². The molecular weight excluding hydrogens is 239 g/mol. The van der Waals surface area contributed by atoms with E-state index in [-0.39, 0.29) is 11.6 Å². The van der Waals surface area contributed by atoms with Crippen molar-refractivity contribution in [2.24, 2.45) is 0 Å². The van der Waals surface area contributed by atoms with Crippen LogP contribution in [0.15, 0.2) is 30.3 Å². The Hall–Kier alpha value is -1.96. The molecule has 19 heavy (non-hydrogen) atoms. The minimum atomic E-state index is -0.384. The lowest BCUT2D eigenvalue weighted by Gasteiger charge is -2.14. The van der Waals surface area contributed by atoms with E-state index < -0.39 is 0 Å². The largest absolute Gasteiger partial charge is 0.289 e. The van der Waals surface area contributed by atoms with Crippen LogP contribution in [-0.4, -0.2) is 5.78 Å². The molecule has 0 atom stereocenters. The lowest BCUT2D eigenvalue weighted by Crippen LogP contribution is -2.09. The molecule has 2 aromatic carbocycles. The van der Waals surface area contributed by atoms with Gasteiger partial charge in [0.1, 0.15) is 5.82 Å². The summed E-state index contributed by atoms with van der Waals surface area (Å²) in [6.45, 7) is 7.86. The third kappa shape index (κ3) is 2.43. The van der Waals surface area contributed by atoms with Crippen LogP contribution in [0.25, 0.3) is 0 Å². The first kappa shape index (κ1) is 13.5. The van der Waals surface area contributed by atoms with E-state index in [1.54, 1.807) is 12.1 Å². The molecular formula is C17H17FO. The third-order valence-electron chi connectivity index (χ3n) is 3.68. The molecule has 0 heterocycles. The molecule has 2 aromatic rings. The lowest BCUT2D eigenvalue weighted by atomic mass is 9.89. The number of aryl methyl sites for hydroxylation is 2. The van der Waals surface area contributed by atoms with E-state index in [1.165, 1.54) is 12.1 Å². The summed E-state index contributed by atoms with van der Waals surface area (Å²) in [6.07, 6.45) is 0. The van der Waals surface area contributed by atoms with Gasteiger partial charge in [0.15, 0.2) is 5.78 Å². The Morgan fingerprint density at radius 3 is 2.05 bits per heavy atom. The van der Waals surface area contributed by atoms with Gasteiger partial charge in [-0.2, -0.15) is 0 Å². The van der Waals surface area contributed by atoms with Gasteiger partial charge in [0.25, 0.3) is 0 Å². The van der Waals surface area contributed by atoms with Gasteiger partial charge in [-0.15, -0.1) is 0 Å². The van der Waals surface area contributed by atoms with Gasteiger partial charge in [-0.1, -0.05) is 18.2 Å². The minimum absolute atomic E-state index is 0.110. The predicted molar refractivity (Wildman–Crippen MR) is 75.2 cm³/mol. The Bertz CT molecular complexity index is 630. The first-order valence-electron chi connectivity index (χ1n) is 6.29. The number of hydrogen-bond donors (Lipinski definition) is 0. The molecule has 0 amide bonds. The van der Waals surface area contributed by atoms with Crippen molar-refractivity contribution in [1.82, 2.24) is 0 Å². The van der Waals surface area contributed by atoms with Crippen molar-refractivity contribution in [3.8, 4) is 0 Å². The first-order chi connectivity index (χ1) is 8.91. The van der Waals surface area contributed by atoms with Crippen LogP contribution in [0.2, 0.25) is 0 Å². The maximum absolute atomic E-state index is 13.3. The fraction of sp³-hybridized carbons (Fsp3) is 0.235. The van der Waals surface area contributed by atoms with Crippen LogP contribution in [0.4, 0.5) is 4.39 Å². The zero-order valence-electron chi connectivity index (χ0n) is 11.7. The highest BCUT2D eigenvalue weighted by atomic mass is 19.1. The zero-order chi connectivity index (χ0) is 14.2. The number of ketones is 1. The van der Waals surface area contributed by atoms with Crippen LogP contribution in [0.5, 0.6) is 0 Å². The zero-order valence-corrected chi connectivity index (χ0v) is 11.7. The highest BCUT2D eigenvalue weighted by Crippen LogP contribution is 2.24. The van der Waals surface area contributed by atoms with Gasteiger partial charge >= 0.3 is 0 Å². The number of carbonyl (C=O) groups is 1.